The van der Waals surface area contributed by atoms with E-state index in [2.05, 4.69) is 24.1 Å². The molecule has 0 radical (unpaired) electrons. The van der Waals surface area contributed by atoms with Crippen molar-refractivity contribution in [3.05, 3.63) is 65.2 Å². The van der Waals surface area contributed by atoms with Gasteiger partial charge in [-0.3, -0.25) is 9.69 Å². The molecule has 2 aromatic rings. The van der Waals surface area contributed by atoms with Crippen molar-refractivity contribution in [1.82, 2.24) is 4.90 Å². The van der Waals surface area contributed by atoms with Gasteiger partial charge in [0.15, 0.2) is 0 Å². The third-order valence-electron chi connectivity index (χ3n) is 3.72. The summed E-state index contributed by atoms with van der Waals surface area (Å²) in [6, 6.07) is 10.5. The molecule has 1 amide bonds. The summed E-state index contributed by atoms with van der Waals surface area (Å²) in [6.07, 6.45) is 0. The number of rotatable bonds is 6. The van der Waals surface area contributed by atoms with E-state index < -0.39 is 23.2 Å². The van der Waals surface area contributed by atoms with Crippen LogP contribution in [-0.4, -0.2) is 23.9 Å². The number of nitrogens with one attached hydrogen (secondary N) is 1. The Morgan fingerprint density at radius 1 is 1.00 bits per heavy atom. The van der Waals surface area contributed by atoms with Gasteiger partial charge in [-0.05, 0) is 42.9 Å². The molecule has 0 heterocycles. The Balaban J connectivity index is 2.08. The van der Waals surface area contributed by atoms with Gasteiger partial charge in [0.05, 0.1) is 0 Å². The van der Waals surface area contributed by atoms with Crippen LogP contribution in [0.15, 0.2) is 42.5 Å². The minimum atomic E-state index is -0.795. The lowest BCUT2D eigenvalue weighted by molar-refractivity contribution is 0.102. The van der Waals surface area contributed by atoms with Gasteiger partial charge >= 0.3 is 0 Å². The van der Waals surface area contributed by atoms with Crippen LogP contribution < -0.4 is 5.32 Å². The number of halogens is 2. The van der Waals surface area contributed by atoms with Crippen molar-refractivity contribution < 1.29 is 13.6 Å². The van der Waals surface area contributed by atoms with Crippen molar-refractivity contribution in [2.24, 2.45) is 0 Å². The summed E-state index contributed by atoms with van der Waals surface area (Å²) < 4.78 is 27.1. The molecule has 0 saturated carbocycles. The smallest absolute Gasteiger partial charge is 0.255 e. The predicted octanol–water partition coefficient (Wildman–Crippen LogP) is 4.06. The van der Waals surface area contributed by atoms with Crippen molar-refractivity contribution >= 4 is 11.6 Å². The summed E-state index contributed by atoms with van der Waals surface area (Å²) in [4.78, 5) is 14.4. The van der Waals surface area contributed by atoms with E-state index in [9.17, 15) is 13.6 Å². The molecule has 0 fully saturated rings. The van der Waals surface area contributed by atoms with Gasteiger partial charge in [-0.25, -0.2) is 8.78 Å². The highest BCUT2D eigenvalue weighted by Crippen LogP contribution is 2.19. The first-order valence-electron chi connectivity index (χ1n) is 7.61. The summed E-state index contributed by atoms with van der Waals surface area (Å²) >= 11 is 0. The van der Waals surface area contributed by atoms with E-state index >= 15 is 0 Å². The molecular formula is C18H20F2N2O. The molecule has 0 saturated heterocycles. The Kier molecular flexibility index (Phi) is 5.82. The molecule has 0 aliphatic rings. The number of benzene rings is 2. The van der Waals surface area contributed by atoms with Crippen molar-refractivity contribution in [3.63, 3.8) is 0 Å². The van der Waals surface area contributed by atoms with Crippen molar-refractivity contribution in [3.8, 4) is 0 Å². The quantitative estimate of drug-likeness (QED) is 0.871. The zero-order chi connectivity index (χ0) is 16.8. The van der Waals surface area contributed by atoms with Crippen LogP contribution in [0.2, 0.25) is 0 Å². The highest BCUT2D eigenvalue weighted by Gasteiger charge is 2.13. The molecule has 122 valence electrons. The maximum atomic E-state index is 13.6. The third kappa shape index (κ3) is 4.36. The minimum absolute atomic E-state index is 0.357. The summed E-state index contributed by atoms with van der Waals surface area (Å²) in [5.74, 6) is -2.13. The first-order chi connectivity index (χ1) is 11.0. The normalized spacial score (nSPS) is 10.8. The molecule has 0 bridgehead atoms. The number of carbonyl (C=O) groups excluding carboxylic acids is 1. The molecule has 0 aliphatic carbocycles. The Labute approximate surface area is 134 Å². The monoisotopic (exact) mass is 318 g/mol. The molecule has 1 N–H and O–H groups in total. The lowest BCUT2D eigenvalue weighted by atomic mass is 10.1. The van der Waals surface area contributed by atoms with Crippen molar-refractivity contribution in [2.75, 3.05) is 18.4 Å². The predicted molar refractivity (Wildman–Crippen MR) is 87.4 cm³/mol. The van der Waals surface area contributed by atoms with Gasteiger partial charge < -0.3 is 5.32 Å². The first kappa shape index (κ1) is 17.1. The lowest BCUT2D eigenvalue weighted by Crippen LogP contribution is -2.22. The molecule has 0 atom stereocenters. The second kappa shape index (κ2) is 7.83. The molecule has 0 aromatic heterocycles. The number of nitrogens with zero attached hydrogens (tertiary/aromatic N) is 1. The molecule has 0 unspecified atom stereocenters. The Bertz CT molecular complexity index is 647. The topological polar surface area (TPSA) is 32.3 Å². The number of hydrogen-bond donors (Lipinski definition) is 1. The van der Waals surface area contributed by atoms with Crippen molar-refractivity contribution in [2.45, 2.75) is 20.4 Å². The average Bonchev–Trinajstić information content (AvgIpc) is 2.56. The van der Waals surface area contributed by atoms with E-state index in [1.165, 1.54) is 6.07 Å². The summed E-state index contributed by atoms with van der Waals surface area (Å²) in [7, 11) is 0. The van der Waals surface area contributed by atoms with Gasteiger partial charge in [0, 0.05) is 12.1 Å². The first-order valence-corrected chi connectivity index (χ1v) is 7.61. The fourth-order valence-corrected chi connectivity index (χ4v) is 2.27. The van der Waals surface area contributed by atoms with Gasteiger partial charge in [-0.15, -0.1) is 0 Å². The van der Waals surface area contributed by atoms with E-state index in [1.807, 2.05) is 12.1 Å². The van der Waals surface area contributed by atoms with Crippen LogP contribution in [0.3, 0.4) is 0 Å². The number of amides is 1. The summed E-state index contributed by atoms with van der Waals surface area (Å²) in [5, 5.41) is 2.28. The van der Waals surface area contributed by atoms with Crippen LogP contribution in [0, 0.1) is 11.6 Å². The Morgan fingerprint density at radius 3 is 2.09 bits per heavy atom. The molecule has 2 rings (SSSR count). The molecule has 5 heteroatoms. The largest absolute Gasteiger partial charge is 0.317 e. The molecular weight excluding hydrogens is 298 g/mol. The zero-order valence-electron chi connectivity index (χ0n) is 13.3. The molecule has 2 aromatic carbocycles. The van der Waals surface area contributed by atoms with Crippen LogP contribution in [0.5, 0.6) is 0 Å². The highest BCUT2D eigenvalue weighted by atomic mass is 19.1. The van der Waals surface area contributed by atoms with E-state index in [-0.39, 0.29) is 0 Å². The fourth-order valence-electron chi connectivity index (χ4n) is 2.27. The molecule has 23 heavy (non-hydrogen) atoms. The van der Waals surface area contributed by atoms with E-state index in [0.29, 0.717) is 5.56 Å². The lowest BCUT2D eigenvalue weighted by Gasteiger charge is -2.18. The van der Waals surface area contributed by atoms with Crippen LogP contribution in [-0.2, 0) is 6.54 Å². The number of carbonyl (C=O) groups is 1. The second-order valence-corrected chi connectivity index (χ2v) is 5.21. The van der Waals surface area contributed by atoms with Gasteiger partial charge in [0.1, 0.15) is 17.3 Å². The molecule has 0 spiro atoms. The summed E-state index contributed by atoms with van der Waals surface area (Å²) in [5.41, 5.74) is 1.02. The van der Waals surface area contributed by atoms with Crippen molar-refractivity contribution in [1.29, 1.82) is 0 Å². The SMILES string of the molecule is CCN(CC)Cc1ccc(C(=O)Nc2c(F)cccc2F)cc1. The van der Waals surface area contributed by atoms with Gasteiger partial charge in [-0.2, -0.15) is 0 Å². The maximum absolute atomic E-state index is 13.6. The van der Waals surface area contributed by atoms with Crippen LogP contribution >= 0.6 is 0 Å². The number of para-hydroxylation sites is 1. The number of hydrogen-bond acceptors (Lipinski definition) is 2. The Hall–Kier alpha value is -2.27. The van der Waals surface area contributed by atoms with E-state index in [0.717, 1.165) is 37.3 Å². The summed E-state index contributed by atoms with van der Waals surface area (Å²) in [6.45, 7) is 6.88. The number of anilines is 1. The fraction of sp³-hybridized carbons (Fsp3) is 0.278. The van der Waals surface area contributed by atoms with Crippen LogP contribution in [0.25, 0.3) is 0 Å². The van der Waals surface area contributed by atoms with Gasteiger partial charge in [-0.1, -0.05) is 32.0 Å². The van der Waals surface area contributed by atoms with E-state index in [1.54, 1.807) is 12.1 Å². The zero-order valence-corrected chi connectivity index (χ0v) is 13.3. The van der Waals surface area contributed by atoms with Crippen LogP contribution in [0.1, 0.15) is 29.8 Å². The average molecular weight is 318 g/mol. The second-order valence-electron chi connectivity index (χ2n) is 5.21. The minimum Gasteiger partial charge on any atom is -0.317 e. The molecule has 3 nitrogen and oxygen atoms in total. The van der Waals surface area contributed by atoms with Gasteiger partial charge in [0.2, 0.25) is 0 Å². The third-order valence-corrected chi connectivity index (χ3v) is 3.72. The maximum Gasteiger partial charge on any atom is 0.255 e. The van der Waals surface area contributed by atoms with Gasteiger partial charge in [0.25, 0.3) is 5.91 Å². The standard InChI is InChI=1S/C18H20F2N2O/c1-3-22(4-2)12-13-8-10-14(11-9-13)18(23)21-17-15(19)6-5-7-16(17)20/h5-11H,3-4,12H2,1-2H3,(H,21,23). The highest BCUT2D eigenvalue weighted by molar-refractivity contribution is 6.04. The van der Waals surface area contributed by atoms with E-state index in [4.69, 9.17) is 0 Å². The molecule has 0 aliphatic heterocycles. The Morgan fingerprint density at radius 2 is 1.57 bits per heavy atom. The van der Waals surface area contributed by atoms with Crippen LogP contribution in [0.4, 0.5) is 14.5 Å².